The lowest BCUT2D eigenvalue weighted by atomic mass is 9.86. The largest absolute Gasteiger partial charge is 0.481 e. The number of para-hydroxylation sites is 1. The fraction of sp³-hybridized carbons (Fsp3) is 0.353. The van der Waals surface area contributed by atoms with Gasteiger partial charge in [-0.2, -0.15) is 13.2 Å². The number of carbonyl (C=O) groups excluding carboxylic acids is 1. The molecule has 0 saturated carbocycles. The summed E-state index contributed by atoms with van der Waals surface area (Å²) in [6, 6.07) is 8.34. The molecule has 1 amide bonds. The summed E-state index contributed by atoms with van der Waals surface area (Å²) in [6.07, 6.45) is -5.58. The molecule has 0 bridgehead atoms. The van der Waals surface area contributed by atoms with Crippen LogP contribution >= 0.6 is 0 Å². The standard InChI is InChI=1S/C17H15F3N2O3/c1-10-8-12(11-4-2-3-5-13(11)21-10)14(23)22-7-6-16(9-22,15(24)25)17(18,19)20/h2-5,8H,6-7,9H2,1H3,(H,24,25). The number of fused-ring (bicyclic) bond motifs is 1. The molecular formula is C17H15F3N2O3. The van der Waals surface area contributed by atoms with Crippen molar-refractivity contribution in [2.24, 2.45) is 5.41 Å². The highest BCUT2D eigenvalue weighted by Gasteiger charge is 2.64. The van der Waals surface area contributed by atoms with Crippen molar-refractivity contribution in [2.75, 3.05) is 13.1 Å². The highest BCUT2D eigenvalue weighted by molar-refractivity contribution is 6.06. The number of hydrogen-bond donors (Lipinski definition) is 1. The predicted molar refractivity (Wildman–Crippen MR) is 83.1 cm³/mol. The molecule has 1 N–H and O–H groups in total. The van der Waals surface area contributed by atoms with Crippen LogP contribution in [0.1, 0.15) is 22.5 Å². The van der Waals surface area contributed by atoms with Gasteiger partial charge in [-0.3, -0.25) is 14.6 Å². The molecule has 0 spiro atoms. The van der Waals surface area contributed by atoms with Crippen LogP contribution in [0.3, 0.4) is 0 Å². The lowest BCUT2D eigenvalue weighted by Gasteiger charge is -2.27. The zero-order valence-electron chi connectivity index (χ0n) is 13.3. The number of nitrogens with zero attached hydrogens (tertiary/aromatic N) is 2. The quantitative estimate of drug-likeness (QED) is 0.902. The Hall–Kier alpha value is -2.64. The number of carboxylic acids is 1. The number of rotatable bonds is 2. The molecule has 132 valence electrons. The third kappa shape index (κ3) is 2.71. The topological polar surface area (TPSA) is 70.5 Å². The summed E-state index contributed by atoms with van der Waals surface area (Å²) in [4.78, 5) is 29.3. The molecule has 8 heteroatoms. The minimum atomic E-state index is -4.93. The lowest BCUT2D eigenvalue weighted by molar-refractivity contribution is -0.227. The summed E-state index contributed by atoms with van der Waals surface area (Å²) < 4.78 is 39.9. The highest BCUT2D eigenvalue weighted by Crippen LogP contribution is 2.46. The second-order valence-electron chi connectivity index (χ2n) is 6.19. The van der Waals surface area contributed by atoms with E-state index >= 15 is 0 Å². The molecule has 1 aliphatic rings. The van der Waals surface area contributed by atoms with Crippen LogP contribution in [0.4, 0.5) is 13.2 Å². The van der Waals surface area contributed by atoms with Crippen LogP contribution in [-0.2, 0) is 4.79 Å². The number of hydrogen-bond acceptors (Lipinski definition) is 3. The molecule has 1 fully saturated rings. The van der Waals surface area contributed by atoms with Gasteiger partial charge in [0, 0.05) is 24.2 Å². The van der Waals surface area contributed by atoms with E-state index in [1.165, 1.54) is 6.07 Å². The Labute approximate surface area is 141 Å². The molecule has 1 saturated heterocycles. The van der Waals surface area contributed by atoms with Gasteiger partial charge in [0.15, 0.2) is 5.41 Å². The number of pyridine rings is 1. The number of benzene rings is 1. The number of alkyl halides is 3. The van der Waals surface area contributed by atoms with Crippen LogP contribution in [0.25, 0.3) is 10.9 Å². The van der Waals surface area contributed by atoms with Gasteiger partial charge in [-0.15, -0.1) is 0 Å². The van der Waals surface area contributed by atoms with Crippen molar-refractivity contribution in [1.29, 1.82) is 0 Å². The van der Waals surface area contributed by atoms with Crippen molar-refractivity contribution in [3.8, 4) is 0 Å². The molecule has 0 radical (unpaired) electrons. The van der Waals surface area contributed by atoms with Crippen molar-refractivity contribution < 1.29 is 27.9 Å². The first-order chi connectivity index (χ1) is 11.7. The molecule has 3 rings (SSSR count). The first-order valence-electron chi connectivity index (χ1n) is 7.61. The van der Waals surface area contributed by atoms with E-state index in [2.05, 4.69) is 4.98 Å². The van der Waals surface area contributed by atoms with Gasteiger partial charge in [-0.05, 0) is 25.5 Å². The molecule has 1 unspecified atom stereocenters. The maximum Gasteiger partial charge on any atom is 0.406 e. The summed E-state index contributed by atoms with van der Waals surface area (Å²) in [5.74, 6) is -2.57. The van der Waals surface area contributed by atoms with E-state index in [4.69, 9.17) is 5.11 Å². The number of aliphatic carboxylic acids is 1. The van der Waals surface area contributed by atoms with E-state index in [0.29, 0.717) is 16.6 Å². The molecular weight excluding hydrogens is 337 g/mol. The second-order valence-corrected chi connectivity index (χ2v) is 6.19. The third-order valence-electron chi connectivity index (χ3n) is 4.58. The van der Waals surface area contributed by atoms with Gasteiger partial charge in [0.2, 0.25) is 0 Å². The van der Waals surface area contributed by atoms with Gasteiger partial charge in [-0.1, -0.05) is 18.2 Å². The Kier molecular flexibility index (Phi) is 3.93. The fourth-order valence-electron chi connectivity index (χ4n) is 3.17. The Balaban J connectivity index is 2.00. The van der Waals surface area contributed by atoms with E-state index in [1.807, 2.05) is 0 Å². The van der Waals surface area contributed by atoms with Crippen LogP contribution < -0.4 is 0 Å². The van der Waals surface area contributed by atoms with Gasteiger partial charge < -0.3 is 10.0 Å². The maximum atomic E-state index is 13.3. The molecule has 2 heterocycles. The molecule has 1 aromatic carbocycles. The van der Waals surface area contributed by atoms with Crippen molar-refractivity contribution in [3.63, 3.8) is 0 Å². The number of aromatic nitrogens is 1. The van der Waals surface area contributed by atoms with Crippen molar-refractivity contribution in [3.05, 3.63) is 41.6 Å². The first kappa shape index (κ1) is 17.2. The fourth-order valence-corrected chi connectivity index (χ4v) is 3.17. The van der Waals surface area contributed by atoms with Gasteiger partial charge in [-0.25, -0.2) is 0 Å². The monoisotopic (exact) mass is 352 g/mol. The highest BCUT2D eigenvalue weighted by atomic mass is 19.4. The Morgan fingerprint density at radius 3 is 2.56 bits per heavy atom. The van der Waals surface area contributed by atoms with E-state index in [0.717, 1.165) is 4.90 Å². The number of halogens is 3. The predicted octanol–water partition coefficient (Wildman–Crippen LogP) is 3.02. The van der Waals surface area contributed by atoms with E-state index in [1.54, 1.807) is 31.2 Å². The minimum absolute atomic E-state index is 0.228. The summed E-state index contributed by atoms with van der Waals surface area (Å²) in [5, 5.41) is 9.64. The number of amides is 1. The van der Waals surface area contributed by atoms with Crippen LogP contribution in [0.5, 0.6) is 0 Å². The smallest absolute Gasteiger partial charge is 0.406 e. The Bertz CT molecular complexity index is 866. The summed E-state index contributed by atoms with van der Waals surface area (Å²) in [6.45, 7) is 0.533. The van der Waals surface area contributed by atoms with Crippen LogP contribution in [0.15, 0.2) is 30.3 Å². The molecule has 2 aromatic rings. The first-order valence-corrected chi connectivity index (χ1v) is 7.61. The number of likely N-dealkylation sites (tertiary alicyclic amines) is 1. The lowest BCUT2D eigenvalue weighted by Crippen LogP contribution is -2.47. The Morgan fingerprint density at radius 1 is 1.28 bits per heavy atom. The normalized spacial score (nSPS) is 20.9. The average Bonchev–Trinajstić information content (AvgIpc) is 3.00. The van der Waals surface area contributed by atoms with Gasteiger partial charge in [0.1, 0.15) is 0 Å². The molecule has 25 heavy (non-hydrogen) atoms. The molecule has 5 nitrogen and oxygen atoms in total. The van der Waals surface area contributed by atoms with E-state index < -0.39 is 36.4 Å². The van der Waals surface area contributed by atoms with E-state index in [9.17, 15) is 22.8 Å². The molecule has 0 aliphatic carbocycles. The maximum absolute atomic E-state index is 13.3. The second kappa shape index (κ2) is 5.72. The van der Waals surface area contributed by atoms with Gasteiger partial charge in [0.05, 0.1) is 11.1 Å². The summed E-state index contributed by atoms with van der Waals surface area (Å²) in [5.41, 5.74) is -1.57. The Morgan fingerprint density at radius 2 is 1.96 bits per heavy atom. The molecule has 1 atom stereocenters. The molecule has 1 aliphatic heterocycles. The summed E-state index contributed by atoms with van der Waals surface area (Å²) >= 11 is 0. The van der Waals surface area contributed by atoms with Crippen molar-refractivity contribution in [1.82, 2.24) is 9.88 Å². The number of carbonyl (C=O) groups is 2. The average molecular weight is 352 g/mol. The summed E-state index contributed by atoms with van der Waals surface area (Å²) in [7, 11) is 0. The van der Waals surface area contributed by atoms with Crippen molar-refractivity contribution in [2.45, 2.75) is 19.5 Å². The van der Waals surface area contributed by atoms with E-state index in [-0.39, 0.29) is 12.1 Å². The molecule has 1 aromatic heterocycles. The van der Waals surface area contributed by atoms with Crippen LogP contribution in [0, 0.1) is 12.3 Å². The zero-order valence-corrected chi connectivity index (χ0v) is 13.3. The van der Waals surface area contributed by atoms with Crippen molar-refractivity contribution >= 4 is 22.8 Å². The van der Waals surface area contributed by atoms with Gasteiger partial charge >= 0.3 is 12.1 Å². The SMILES string of the molecule is Cc1cc(C(=O)N2CCC(C(=O)O)(C(F)(F)F)C2)c2ccccc2n1. The number of aryl methyl sites for hydroxylation is 1. The van der Waals surface area contributed by atoms with Crippen LogP contribution in [0.2, 0.25) is 0 Å². The minimum Gasteiger partial charge on any atom is -0.481 e. The number of carboxylic acid groups (broad SMARTS) is 1. The third-order valence-corrected chi connectivity index (χ3v) is 4.58. The zero-order chi connectivity index (χ0) is 18.4. The van der Waals surface area contributed by atoms with Gasteiger partial charge in [0.25, 0.3) is 5.91 Å². The van der Waals surface area contributed by atoms with Crippen LogP contribution in [-0.4, -0.2) is 46.1 Å².